The molecule has 0 bridgehead atoms. The molecule has 0 radical (unpaired) electrons. The summed E-state index contributed by atoms with van der Waals surface area (Å²) < 4.78 is 29.5. The summed E-state index contributed by atoms with van der Waals surface area (Å²) in [6.45, 7) is -0.127. The number of aliphatic hydroxyl groups is 5. The van der Waals surface area contributed by atoms with E-state index in [1.807, 2.05) is 0 Å². The maximum Gasteiger partial charge on any atom is 0.339 e. The van der Waals surface area contributed by atoms with Crippen molar-refractivity contribution in [1.29, 1.82) is 0 Å². The molecule has 37 heavy (non-hydrogen) atoms. The minimum absolute atomic E-state index is 0.000670. The van der Waals surface area contributed by atoms with Crippen molar-refractivity contribution in [1.82, 2.24) is 9.55 Å². The molecule has 3 rings (SSSR count). The van der Waals surface area contributed by atoms with Crippen LogP contribution in [0.3, 0.4) is 0 Å². The van der Waals surface area contributed by atoms with E-state index < -0.39 is 54.2 Å². The molecule has 1 aliphatic heterocycles. The number of halogens is 1. The highest BCUT2D eigenvalue weighted by atomic mass is 19.1. The Labute approximate surface area is 208 Å². The molecule has 2 aromatic rings. The fourth-order valence-corrected chi connectivity index (χ4v) is 3.19. The average Bonchev–Trinajstić information content (AvgIpc) is 3.16. The molecule has 0 amide bonds. The van der Waals surface area contributed by atoms with Crippen LogP contribution in [0.2, 0.25) is 0 Å². The van der Waals surface area contributed by atoms with Gasteiger partial charge in [-0.25, -0.2) is 9.59 Å². The smallest absolute Gasteiger partial charge is 0.339 e. The monoisotopic (exact) mass is 532 g/mol. The topological polar surface area (TPSA) is 221 Å². The lowest BCUT2D eigenvalue weighted by Crippen LogP contribution is -2.38. The van der Waals surface area contributed by atoms with Crippen LogP contribution in [0.15, 0.2) is 34.0 Å². The van der Waals surface area contributed by atoms with Gasteiger partial charge in [-0.2, -0.15) is 4.39 Å². The van der Waals surface area contributed by atoms with Crippen molar-refractivity contribution in [2.75, 3.05) is 33.0 Å². The number of aromatic nitrogens is 2. The molecule has 2 heterocycles. The van der Waals surface area contributed by atoms with Gasteiger partial charge in [0.15, 0.2) is 17.7 Å². The Morgan fingerprint density at radius 3 is 2.27 bits per heavy atom. The minimum atomic E-state index is -1.52. The van der Waals surface area contributed by atoms with Crippen LogP contribution in [0.4, 0.5) is 4.39 Å². The highest BCUT2D eigenvalue weighted by molar-refractivity contribution is 5.92. The van der Waals surface area contributed by atoms with Gasteiger partial charge in [0.1, 0.15) is 23.9 Å². The number of para-hydroxylation sites is 1. The molecule has 15 heteroatoms. The number of carboxylic acid groups (broad SMARTS) is 1. The summed E-state index contributed by atoms with van der Waals surface area (Å²) in [6, 6.07) is 4.60. The molecule has 1 aromatic carbocycles. The van der Waals surface area contributed by atoms with Gasteiger partial charge in [-0.05, 0) is 12.1 Å². The van der Waals surface area contributed by atoms with E-state index in [9.17, 15) is 29.0 Å². The number of aromatic carboxylic acids is 1. The zero-order valence-corrected chi connectivity index (χ0v) is 19.5. The first-order chi connectivity index (χ1) is 17.7. The molecular formula is C22H29FN2O12. The lowest BCUT2D eigenvalue weighted by molar-refractivity contribution is -0.0554. The highest BCUT2D eigenvalue weighted by Gasteiger charge is 2.43. The molecule has 206 valence electrons. The van der Waals surface area contributed by atoms with E-state index in [4.69, 9.17) is 34.6 Å². The third kappa shape index (κ3) is 7.82. The van der Waals surface area contributed by atoms with Gasteiger partial charge in [-0.1, -0.05) is 6.07 Å². The van der Waals surface area contributed by atoms with Gasteiger partial charge in [-0.15, -0.1) is 0 Å². The van der Waals surface area contributed by atoms with E-state index >= 15 is 0 Å². The number of carboxylic acids is 1. The van der Waals surface area contributed by atoms with Gasteiger partial charge < -0.3 is 44.8 Å². The first-order valence-electron chi connectivity index (χ1n) is 11.1. The summed E-state index contributed by atoms with van der Waals surface area (Å²) in [7, 11) is 0. The normalized spacial score (nSPS) is 20.7. The van der Waals surface area contributed by atoms with Crippen molar-refractivity contribution in [2.24, 2.45) is 0 Å². The number of rotatable bonds is 11. The highest BCUT2D eigenvalue weighted by Crippen LogP contribution is 2.32. The summed E-state index contributed by atoms with van der Waals surface area (Å²) in [5, 5.41) is 54.5. The Morgan fingerprint density at radius 1 is 1.05 bits per heavy atom. The fraction of sp³-hybridized carbons (Fsp3) is 0.500. The Bertz CT molecular complexity index is 1140. The van der Waals surface area contributed by atoms with Crippen molar-refractivity contribution in [2.45, 2.75) is 37.4 Å². The quantitative estimate of drug-likeness (QED) is 0.159. The Hall–Kier alpha value is -3.34. The van der Waals surface area contributed by atoms with E-state index in [1.165, 1.54) is 6.07 Å². The Morgan fingerprint density at radius 2 is 1.70 bits per heavy atom. The molecule has 1 fully saturated rings. The predicted octanol–water partition coefficient (Wildman–Crippen LogP) is -1.81. The second kappa shape index (κ2) is 14.4. The van der Waals surface area contributed by atoms with Crippen LogP contribution in [0, 0.1) is 5.82 Å². The van der Waals surface area contributed by atoms with Crippen LogP contribution < -0.4 is 20.7 Å². The van der Waals surface area contributed by atoms with Crippen LogP contribution in [0.1, 0.15) is 29.4 Å². The molecule has 1 aliphatic rings. The first-order valence-corrected chi connectivity index (χ1v) is 11.1. The predicted molar refractivity (Wildman–Crippen MR) is 122 cm³/mol. The standard InChI is InChI=1S/C13H18O6.C9H11FN2O6/c14-6-2-8-18-11-5-1-4-10(13(16)17)12(11)19-9-3-7-15;10-3-1-12(9(17)11-7(3)16)8-6(15)5(14)4(2-13)18-8/h1,4-5,14-15H,2-3,6-9H2,(H,16,17);1,4-6,8,13-15H,2H2,(H,11,16,17)/t;4-,5-,6-,8-/m.1/s1. The zero-order chi connectivity index (χ0) is 27.5. The van der Waals surface area contributed by atoms with Crippen LogP contribution in [0.25, 0.3) is 0 Å². The maximum absolute atomic E-state index is 13.1. The van der Waals surface area contributed by atoms with Crippen molar-refractivity contribution in [3.8, 4) is 11.5 Å². The van der Waals surface area contributed by atoms with Gasteiger partial charge >= 0.3 is 11.7 Å². The second-order valence-electron chi connectivity index (χ2n) is 7.66. The maximum atomic E-state index is 13.1. The SMILES string of the molecule is O=C(O)c1cccc(OCCCO)c1OCCCO.O=c1[nH]c(=O)n([C@@H]2O[C@H](CO)[C@@H](O)[C@H]2O)cc1F. The van der Waals surface area contributed by atoms with E-state index in [0.717, 1.165) is 0 Å². The number of H-pyrrole nitrogens is 1. The van der Waals surface area contributed by atoms with Crippen LogP contribution in [0.5, 0.6) is 11.5 Å². The third-order valence-corrected chi connectivity index (χ3v) is 5.03. The number of aromatic amines is 1. The third-order valence-electron chi connectivity index (χ3n) is 5.03. The summed E-state index contributed by atoms with van der Waals surface area (Å²) >= 11 is 0. The number of carbonyl (C=O) groups is 1. The number of benzene rings is 1. The summed E-state index contributed by atoms with van der Waals surface area (Å²) in [5.74, 6) is -1.85. The van der Waals surface area contributed by atoms with E-state index in [-0.39, 0.29) is 37.7 Å². The van der Waals surface area contributed by atoms with Crippen molar-refractivity contribution < 1.29 is 54.0 Å². The van der Waals surface area contributed by atoms with Gasteiger partial charge in [0, 0.05) is 26.1 Å². The number of ether oxygens (including phenoxy) is 3. The van der Waals surface area contributed by atoms with Crippen LogP contribution >= 0.6 is 0 Å². The van der Waals surface area contributed by atoms with Crippen LogP contribution in [-0.2, 0) is 4.74 Å². The molecule has 4 atom stereocenters. The van der Waals surface area contributed by atoms with E-state index in [1.54, 1.807) is 17.1 Å². The van der Waals surface area contributed by atoms with Crippen LogP contribution in [-0.4, -0.2) is 97.5 Å². The first kappa shape index (κ1) is 29.9. The second-order valence-corrected chi connectivity index (χ2v) is 7.66. The Balaban J connectivity index is 0.000000260. The number of nitrogens with zero attached hydrogens (tertiary/aromatic N) is 1. The minimum Gasteiger partial charge on any atom is -0.490 e. The number of nitrogens with one attached hydrogen (secondary N) is 1. The molecule has 0 aliphatic carbocycles. The molecule has 7 N–H and O–H groups in total. The lowest BCUT2D eigenvalue weighted by Gasteiger charge is -2.16. The molecule has 0 spiro atoms. The fourth-order valence-electron chi connectivity index (χ4n) is 3.19. The van der Waals surface area contributed by atoms with Crippen molar-refractivity contribution >= 4 is 5.97 Å². The summed E-state index contributed by atoms with van der Waals surface area (Å²) in [5.41, 5.74) is -2.17. The molecule has 1 saturated heterocycles. The van der Waals surface area contributed by atoms with Gasteiger partial charge in [0.25, 0.3) is 5.56 Å². The van der Waals surface area contributed by atoms with E-state index in [2.05, 4.69) is 0 Å². The molecule has 0 unspecified atom stereocenters. The summed E-state index contributed by atoms with van der Waals surface area (Å²) in [6.07, 6.45) is -3.98. The van der Waals surface area contributed by atoms with Gasteiger partial charge in [-0.3, -0.25) is 14.3 Å². The number of aliphatic hydroxyl groups excluding tert-OH is 5. The van der Waals surface area contributed by atoms with Crippen molar-refractivity contribution in [3.05, 3.63) is 56.6 Å². The number of hydrogen-bond acceptors (Lipinski definition) is 11. The van der Waals surface area contributed by atoms with Gasteiger partial charge in [0.05, 0.1) is 26.0 Å². The Kier molecular flexibility index (Phi) is 11.6. The average molecular weight is 532 g/mol. The zero-order valence-electron chi connectivity index (χ0n) is 19.5. The lowest BCUT2D eigenvalue weighted by atomic mass is 10.1. The molecular weight excluding hydrogens is 503 g/mol. The van der Waals surface area contributed by atoms with Gasteiger partial charge in [0.2, 0.25) is 5.82 Å². The molecule has 1 aromatic heterocycles. The molecule has 0 saturated carbocycles. The largest absolute Gasteiger partial charge is 0.490 e. The van der Waals surface area contributed by atoms with Crippen molar-refractivity contribution in [3.63, 3.8) is 0 Å². The summed E-state index contributed by atoms with van der Waals surface area (Å²) in [4.78, 5) is 35.1. The van der Waals surface area contributed by atoms with E-state index in [0.29, 0.717) is 29.4 Å². The molecule has 14 nitrogen and oxygen atoms in total. The number of hydrogen-bond donors (Lipinski definition) is 7.